The molecule has 0 aliphatic rings. The fourth-order valence-electron chi connectivity index (χ4n) is 1.39. The van der Waals surface area contributed by atoms with E-state index in [4.69, 9.17) is 0 Å². The topological polar surface area (TPSA) is 20.2 Å². The third-order valence-corrected chi connectivity index (χ3v) is 3.06. The van der Waals surface area contributed by atoms with Crippen molar-refractivity contribution in [2.24, 2.45) is 0 Å². The van der Waals surface area contributed by atoms with Gasteiger partial charge in [0, 0.05) is 0 Å². The summed E-state index contributed by atoms with van der Waals surface area (Å²) >= 11 is 3.13. The first-order valence-electron chi connectivity index (χ1n) is 4.89. The lowest BCUT2D eigenvalue weighted by Crippen LogP contribution is -1.99. The maximum absolute atomic E-state index is 13.2. The van der Waals surface area contributed by atoms with Crippen LogP contribution in [0.3, 0.4) is 0 Å². The molecule has 1 unspecified atom stereocenters. The van der Waals surface area contributed by atoms with Gasteiger partial charge in [-0.05, 0) is 46.8 Å². The maximum Gasteiger partial charge on any atom is 0.137 e. The molecule has 0 bridgehead atoms. The Morgan fingerprint density at radius 1 is 1.53 bits per heavy atom. The van der Waals surface area contributed by atoms with Crippen LogP contribution in [0, 0.1) is 5.82 Å². The zero-order valence-electron chi connectivity index (χ0n) is 8.42. The summed E-state index contributed by atoms with van der Waals surface area (Å²) in [6.45, 7) is 3.61. The van der Waals surface area contributed by atoms with Crippen molar-refractivity contribution in [1.82, 2.24) is 0 Å². The lowest BCUT2D eigenvalue weighted by Gasteiger charge is -2.12. The molecule has 1 N–H and O–H groups in total. The molecule has 3 heteroatoms. The molecule has 0 aliphatic carbocycles. The van der Waals surface area contributed by atoms with Crippen LogP contribution in [0.4, 0.5) is 4.39 Å². The Hall–Kier alpha value is -0.670. The van der Waals surface area contributed by atoms with E-state index in [-0.39, 0.29) is 5.82 Å². The van der Waals surface area contributed by atoms with Gasteiger partial charge in [0.15, 0.2) is 0 Å². The number of benzene rings is 1. The summed E-state index contributed by atoms with van der Waals surface area (Å²) in [5, 5.41) is 9.82. The predicted octanol–water partition coefficient (Wildman–Crippen LogP) is 3.98. The number of hydrogen-bond donors (Lipinski definition) is 1. The average molecular weight is 273 g/mol. The Morgan fingerprint density at radius 3 is 2.93 bits per heavy atom. The second-order valence-corrected chi connectivity index (χ2v) is 4.17. The Kier molecular flexibility index (Phi) is 4.99. The molecule has 0 saturated heterocycles. The highest BCUT2D eigenvalue weighted by molar-refractivity contribution is 9.10. The highest BCUT2D eigenvalue weighted by atomic mass is 79.9. The minimum Gasteiger partial charge on any atom is -0.388 e. The minimum atomic E-state index is -0.616. The first-order valence-corrected chi connectivity index (χ1v) is 5.69. The Morgan fingerprint density at radius 2 is 2.27 bits per heavy atom. The summed E-state index contributed by atoms with van der Waals surface area (Å²) in [5.74, 6) is -0.338. The van der Waals surface area contributed by atoms with Gasteiger partial charge in [-0.15, -0.1) is 6.58 Å². The predicted molar refractivity (Wildman–Crippen MR) is 63.1 cm³/mol. The van der Waals surface area contributed by atoms with Crippen molar-refractivity contribution in [2.75, 3.05) is 0 Å². The van der Waals surface area contributed by atoms with Crippen molar-refractivity contribution in [3.63, 3.8) is 0 Å². The molecule has 0 aliphatic heterocycles. The van der Waals surface area contributed by atoms with Crippen molar-refractivity contribution < 1.29 is 9.50 Å². The fourth-order valence-corrected chi connectivity index (χ4v) is 1.92. The zero-order valence-corrected chi connectivity index (χ0v) is 10.0. The van der Waals surface area contributed by atoms with Gasteiger partial charge in [-0.3, -0.25) is 0 Å². The lowest BCUT2D eigenvalue weighted by atomic mass is 10.0. The Balaban J connectivity index is 2.68. The van der Waals surface area contributed by atoms with Crippen LogP contribution in [-0.4, -0.2) is 5.11 Å². The largest absolute Gasteiger partial charge is 0.388 e. The molecule has 1 atom stereocenters. The standard InChI is InChI=1S/C12H14BrFO/c1-2-3-4-8-11(15)9-6-5-7-10(14)12(9)13/h2,5-7,11,15H,1,3-4,8H2. The van der Waals surface area contributed by atoms with Gasteiger partial charge in [-0.1, -0.05) is 18.2 Å². The van der Waals surface area contributed by atoms with Gasteiger partial charge < -0.3 is 5.11 Å². The SMILES string of the molecule is C=CCCCC(O)c1cccc(F)c1Br. The van der Waals surface area contributed by atoms with Gasteiger partial charge >= 0.3 is 0 Å². The molecular formula is C12H14BrFO. The second kappa shape index (κ2) is 6.03. The minimum absolute atomic E-state index is 0.338. The molecule has 0 heterocycles. The number of unbranched alkanes of at least 4 members (excludes halogenated alkanes) is 1. The number of aliphatic hydroxyl groups excluding tert-OH is 1. The van der Waals surface area contributed by atoms with Crippen LogP contribution in [-0.2, 0) is 0 Å². The molecule has 1 rings (SSSR count). The molecule has 0 aromatic heterocycles. The monoisotopic (exact) mass is 272 g/mol. The molecule has 0 radical (unpaired) electrons. The molecule has 1 nitrogen and oxygen atoms in total. The lowest BCUT2D eigenvalue weighted by molar-refractivity contribution is 0.163. The zero-order chi connectivity index (χ0) is 11.3. The summed E-state index contributed by atoms with van der Waals surface area (Å²) in [7, 11) is 0. The number of rotatable bonds is 5. The van der Waals surface area contributed by atoms with Crippen LogP contribution in [0.1, 0.15) is 30.9 Å². The number of allylic oxidation sites excluding steroid dienone is 1. The van der Waals surface area contributed by atoms with Gasteiger partial charge in [0.1, 0.15) is 5.82 Å². The summed E-state index contributed by atoms with van der Waals surface area (Å²) in [5.41, 5.74) is 0.610. The van der Waals surface area contributed by atoms with E-state index in [1.54, 1.807) is 12.1 Å². The molecule has 15 heavy (non-hydrogen) atoms. The van der Waals surface area contributed by atoms with Crippen molar-refractivity contribution in [1.29, 1.82) is 0 Å². The molecule has 0 amide bonds. The smallest absolute Gasteiger partial charge is 0.137 e. The summed E-state index contributed by atoms with van der Waals surface area (Å²) in [6.07, 6.45) is 3.54. The number of aliphatic hydroxyl groups is 1. The normalized spacial score (nSPS) is 12.5. The van der Waals surface area contributed by atoms with E-state index < -0.39 is 6.10 Å². The Labute approximate surface area is 97.8 Å². The molecule has 0 fully saturated rings. The van der Waals surface area contributed by atoms with Crippen molar-refractivity contribution in [2.45, 2.75) is 25.4 Å². The van der Waals surface area contributed by atoms with E-state index in [9.17, 15) is 9.50 Å². The first kappa shape index (κ1) is 12.4. The van der Waals surface area contributed by atoms with Crippen molar-refractivity contribution in [3.05, 3.63) is 46.7 Å². The summed E-state index contributed by atoms with van der Waals surface area (Å²) in [4.78, 5) is 0. The van der Waals surface area contributed by atoms with E-state index in [0.717, 1.165) is 12.8 Å². The average Bonchev–Trinajstić information content (AvgIpc) is 2.22. The van der Waals surface area contributed by atoms with E-state index in [1.807, 2.05) is 6.08 Å². The van der Waals surface area contributed by atoms with Gasteiger partial charge in [0.25, 0.3) is 0 Å². The van der Waals surface area contributed by atoms with E-state index >= 15 is 0 Å². The Bertz CT molecular complexity index is 338. The molecular weight excluding hydrogens is 259 g/mol. The molecule has 1 aromatic rings. The van der Waals surface area contributed by atoms with Crippen LogP contribution in [0.2, 0.25) is 0 Å². The van der Waals surface area contributed by atoms with Gasteiger partial charge in [-0.2, -0.15) is 0 Å². The highest BCUT2D eigenvalue weighted by Gasteiger charge is 2.12. The van der Waals surface area contributed by atoms with Gasteiger partial charge in [0.2, 0.25) is 0 Å². The number of halogens is 2. The van der Waals surface area contributed by atoms with Gasteiger partial charge in [0.05, 0.1) is 10.6 Å². The molecule has 0 spiro atoms. The van der Waals surface area contributed by atoms with Crippen molar-refractivity contribution >= 4 is 15.9 Å². The maximum atomic E-state index is 13.2. The molecule has 0 saturated carbocycles. The van der Waals surface area contributed by atoms with Crippen LogP contribution >= 0.6 is 15.9 Å². The molecule has 1 aromatic carbocycles. The first-order chi connectivity index (χ1) is 7.16. The quantitative estimate of drug-likeness (QED) is 0.635. The third kappa shape index (κ3) is 3.43. The molecule has 82 valence electrons. The summed E-state index contributed by atoms with van der Waals surface area (Å²) < 4.78 is 13.5. The van der Waals surface area contributed by atoms with E-state index in [1.165, 1.54) is 6.07 Å². The van der Waals surface area contributed by atoms with Crippen LogP contribution in [0.5, 0.6) is 0 Å². The van der Waals surface area contributed by atoms with E-state index in [0.29, 0.717) is 16.5 Å². The van der Waals surface area contributed by atoms with E-state index in [2.05, 4.69) is 22.5 Å². The van der Waals surface area contributed by atoms with Crippen LogP contribution in [0.25, 0.3) is 0 Å². The van der Waals surface area contributed by atoms with Crippen LogP contribution in [0.15, 0.2) is 35.3 Å². The van der Waals surface area contributed by atoms with Crippen molar-refractivity contribution in [3.8, 4) is 0 Å². The second-order valence-electron chi connectivity index (χ2n) is 3.38. The highest BCUT2D eigenvalue weighted by Crippen LogP contribution is 2.28. The van der Waals surface area contributed by atoms with Gasteiger partial charge in [-0.25, -0.2) is 4.39 Å². The number of hydrogen-bond acceptors (Lipinski definition) is 1. The van der Waals surface area contributed by atoms with Crippen LogP contribution < -0.4 is 0 Å². The summed E-state index contributed by atoms with van der Waals surface area (Å²) in [6, 6.07) is 4.70. The fraction of sp³-hybridized carbons (Fsp3) is 0.333. The third-order valence-electron chi connectivity index (χ3n) is 2.23.